The number of aromatic amines is 1. The number of aromatic nitrogens is 1. The fourth-order valence-electron chi connectivity index (χ4n) is 2.84. The SMILES string of the molecule is CCc1ccc(/C(=C/[C@H]2CCC(=O)N2)c2ccc(Cl)c(=O)[nH]2)cc1. The Morgan fingerprint density at radius 2 is 1.96 bits per heavy atom. The standard InChI is InChI=1S/C19H19ClN2O2/c1-2-12-3-5-13(6-4-12)15(11-14-7-10-18(23)21-14)17-9-8-16(20)19(24)22-17/h3-6,8-9,11,14H,2,7,10H2,1H3,(H,21,23)(H,22,24)/b15-11-/t14-/m1/s1. The van der Waals surface area contributed by atoms with E-state index in [0.717, 1.165) is 24.0 Å². The molecule has 1 fully saturated rings. The maximum Gasteiger partial charge on any atom is 0.267 e. The lowest BCUT2D eigenvalue weighted by atomic mass is 9.97. The number of carbonyl (C=O) groups excluding carboxylic acids is 1. The minimum atomic E-state index is -0.319. The number of amides is 1. The van der Waals surface area contributed by atoms with Gasteiger partial charge in [0.2, 0.25) is 5.91 Å². The fraction of sp³-hybridized carbons (Fsp3) is 0.263. The molecule has 0 bridgehead atoms. The van der Waals surface area contributed by atoms with Crippen LogP contribution in [0.3, 0.4) is 0 Å². The summed E-state index contributed by atoms with van der Waals surface area (Å²) in [6, 6.07) is 11.6. The van der Waals surface area contributed by atoms with E-state index in [1.54, 1.807) is 12.1 Å². The van der Waals surface area contributed by atoms with E-state index in [1.807, 2.05) is 18.2 Å². The van der Waals surface area contributed by atoms with Crippen molar-refractivity contribution in [2.24, 2.45) is 0 Å². The van der Waals surface area contributed by atoms with Crippen LogP contribution >= 0.6 is 11.6 Å². The summed E-state index contributed by atoms with van der Waals surface area (Å²) < 4.78 is 0. The van der Waals surface area contributed by atoms with Crippen LogP contribution in [0.15, 0.2) is 47.3 Å². The lowest BCUT2D eigenvalue weighted by molar-refractivity contribution is -0.119. The van der Waals surface area contributed by atoms with Crippen molar-refractivity contribution in [3.63, 3.8) is 0 Å². The Hall–Kier alpha value is -2.33. The average molecular weight is 343 g/mol. The van der Waals surface area contributed by atoms with Gasteiger partial charge in [-0.25, -0.2) is 0 Å². The molecule has 1 aliphatic rings. The molecule has 1 aliphatic heterocycles. The second-order valence-corrected chi connectivity index (χ2v) is 6.30. The number of hydrogen-bond acceptors (Lipinski definition) is 2. The molecule has 0 unspecified atom stereocenters. The first-order valence-corrected chi connectivity index (χ1v) is 8.44. The van der Waals surface area contributed by atoms with Crippen molar-refractivity contribution in [2.75, 3.05) is 0 Å². The minimum Gasteiger partial charge on any atom is -0.350 e. The summed E-state index contributed by atoms with van der Waals surface area (Å²) in [5.41, 5.74) is 3.50. The first-order chi connectivity index (χ1) is 11.6. The summed E-state index contributed by atoms with van der Waals surface area (Å²) in [7, 11) is 0. The van der Waals surface area contributed by atoms with Gasteiger partial charge in [-0.2, -0.15) is 0 Å². The number of aryl methyl sites for hydroxylation is 1. The van der Waals surface area contributed by atoms with Gasteiger partial charge in [0.15, 0.2) is 0 Å². The van der Waals surface area contributed by atoms with Crippen LogP contribution in [0, 0.1) is 0 Å². The first kappa shape index (κ1) is 16.5. The van der Waals surface area contributed by atoms with Gasteiger partial charge >= 0.3 is 0 Å². The number of carbonyl (C=O) groups is 1. The fourth-order valence-corrected chi connectivity index (χ4v) is 2.95. The van der Waals surface area contributed by atoms with Crippen molar-refractivity contribution in [1.82, 2.24) is 10.3 Å². The highest BCUT2D eigenvalue weighted by Crippen LogP contribution is 2.25. The van der Waals surface area contributed by atoms with E-state index in [-0.39, 0.29) is 22.5 Å². The number of pyridine rings is 1. The van der Waals surface area contributed by atoms with E-state index in [0.29, 0.717) is 12.1 Å². The molecule has 2 heterocycles. The van der Waals surface area contributed by atoms with Crippen molar-refractivity contribution in [3.8, 4) is 0 Å². The van der Waals surface area contributed by atoms with Crippen molar-refractivity contribution in [2.45, 2.75) is 32.2 Å². The zero-order chi connectivity index (χ0) is 17.1. The monoisotopic (exact) mass is 342 g/mol. The molecule has 1 aromatic heterocycles. The largest absolute Gasteiger partial charge is 0.350 e. The second-order valence-electron chi connectivity index (χ2n) is 5.89. The molecule has 1 amide bonds. The van der Waals surface area contributed by atoms with Crippen molar-refractivity contribution >= 4 is 23.1 Å². The van der Waals surface area contributed by atoms with E-state index in [4.69, 9.17) is 11.6 Å². The van der Waals surface area contributed by atoms with Gasteiger partial charge in [0.05, 0.1) is 0 Å². The molecule has 2 aromatic rings. The third-order valence-electron chi connectivity index (χ3n) is 4.22. The van der Waals surface area contributed by atoms with Crippen LogP contribution in [0.4, 0.5) is 0 Å². The van der Waals surface area contributed by atoms with Crippen molar-refractivity contribution in [3.05, 3.63) is 74.7 Å². The van der Waals surface area contributed by atoms with Crippen LogP contribution in [-0.4, -0.2) is 16.9 Å². The van der Waals surface area contributed by atoms with Crippen LogP contribution in [0.1, 0.15) is 36.6 Å². The molecule has 24 heavy (non-hydrogen) atoms. The van der Waals surface area contributed by atoms with Crippen molar-refractivity contribution in [1.29, 1.82) is 0 Å². The zero-order valence-electron chi connectivity index (χ0n) is 13.4. The predicted molar refractivity (Wildman–Crippen MR) is 96.1 cm³/mol. The van der Waals surface area contributed by atoms with Gasteiger partial charge in [-0.05, 0) is 36.1 Å². The average Bonchev–Trinajstić information content (AvgIpc) is 3.00. The molecule has 2 N–H and O–H groups in total. The maximum atomic E-state index is 11.9. The molecule has 3 rings (SSSR count). The Bertz CT molecular complexity index is 837. The molecule has 1 aromatic carbocycles. The molecule has 1 saturated heterocycles. The number of hydrogen-bond donors (Lipinski definition) is 2. The number of benzene rings is 1. The normalized spacial score (nSPS) is 17.8. The van der Waals surface area contributed by atoms with E-state index in [1.165, 1.54) is 5.56 Å². The molecule has 124 valence electrons. The summed E-state index contributed by atoms with van der Waals surface area (Å²) in [6.45, 7) is 2.11. The minimum absolute atomic E-state index is 0.0301. The number of halogens is 1. The third kappa shape index (κ3) is 3.60. The van der Waals surface area contributed by atoms with Crippen molar-refractivity contribution < 1.29 is 4.79 Å². The molecular weight excluding hydrogens is 324 g/mol. The Morgan fingerprint density at radius 1 is 1.21 bits per heavy atom. The molecule has 0 aliphatic carbocycles. The van der Waals surface area contributed by atoms with Gasteiger partial charge in [0.25, 0.3) is 5.56 Å². The van der Waals surface area contributed by atoms with Gasteiger partial charge < -0.3 is 10.3 Å². The molecule has 0 spiro atoms. The van der Waals surface area contributed by atoms with Crippen LogP contribution in [-0.2, 0) is 11.2 Å². The lowest BCUT2D eigenvalue weighted by Crippen LogP contribution is -2.23. The molecule has 0 radical (unpaired) electrons. The molecule has 5 heteroatoms. The topological polar surface area (TPSA) is 62.0 Å². The third-order valence-corrected chi connectivity index (χ3v) is 4.52. The quantitative estimate of drug-likeness (QED) is 0.895. The van der Waals surface area contributed by atoms with Crippen LogP contribution in [0.5, 0.6) is 0 Å². The summed E-state index contributed by atoms with van der Waals surface area (Å²) in [5, 5.41) is 3.10. The Morgan fingerprint density at radius 3 is 2.54 bits per heavy atom. The molecule has 4 nitrogen and oxygen atoms in total. The van der Waals surface area contributed by atoms with E-state index in [9.17, 15) is 9.59 Å². The zero-order valence-corrected chi connectivity index (χ0v) is 14.2. The Balaban J connectivity index is 2.05. The van der Waals surface area contributed by atoms with Crippen LogP contribution < -0.4 is 10.9 Å². The predicted octanol–water partition coefficient (Wildman–Crippen LogP) is 3.30. The summed E-state index contributed by atoms with van der Waals surface area (Å²) in [6.07, 6.45) is 4.26. The first-order valence-electron chi connectivity index (χ1n) is 8.06. The van der Waals surface area contributed by atoms with Crippen LogP contribution in [0.25, 0.3) is 5.57 Å². The number of nitrogens with one attached hydrogen (secondary N) is 2. The molecule has 1 atom stereocenters. The van der Waals surface area contributed by atoms with Gasteiger partial charge in [-0.15, -0.1) is 0 Å². The van der Waals surface area contributed by atoms with E-state index >= 15 is 0 Å². The summed E-state index contributed by atoms with van der Waals surface area (Å²) in [5.74, 6) is 0.0570. The highest BCUT2D eigenvalue weighted by Gasteiger charge is 2.20. The number of rotatable bonds is 4. The van der Waals surface area contributed by atoms with Gasteiger partial charge in [-0.1, -0.05) is 48.9 Å². The van der Waals surface area contributed by atoms with Gasteiger partial charge in [-0.3, -0.25) is 9.59 Å². The summed E-state index contributed by atoms with van der Waals surface area (Å²) in [4.78, 5) is 26.2. The maximum absolute atomic E-state index is 11.9. The highest BCUT2D eigenvalue weighted by molar-refractivity contribution is 6.30. The molecular formula is C19H19ClN2O2. The smallest absolute Gasteiger partial charge is 0.267 e. The van der Waals surface area contributed by atoms with E-state index < -0.39 is 0 Å². The Kier molecular flexibility index (Phi) is 4.86. The highest BCUT2D eigenvalue weighted by atomic mass is 35.5. The van der Waals surface area contributed by atoms with Crippen LogP contribution in [0.2, 0.25) is 5.02 Å². The van der Waals surface area contributed by atoms with Gasteiger partial charge in [0.1, 0.15) is 5.02 Å². The number of H-pyrrole nitrogens is 1. The second kappa shape index (κ2) is 7.05. The van der Waals surface area contributed by atoms with E-state index in [2.05, 4.69) is 29.4 Å². The summed E-state index contributed by atoms with van der Waals surface area (Å²) >= 11 is 5.84. The lowest BCUT2D eigenvalue weighted by Gasteiger charge is -2.13. The molecule has 0 saturated carbocycles. The Labute approximate surface area is 145 Å². The van der Waals surface area contributed by atoms with Gasteiger partial charge in [0, 0.05) is 23.7 Å².